The molecule has 4 rings (SSSR count). The maximum absolute atomic E-state index is 13.6. The number of ether oxygens (including phenoxy) is 1. The highest BCUT2D eigenvalue weighted by Gasteiger charge is 2.33. The monoisotopic (exact) mass is 434 g/mol. The third-order valence-electron chi connectivity index (χ3n) is 5.53. The number of methoxy groups -OCH3 is 1. The van der Waals surface area contributed by atoms with Crippen LogP contribution in [0.2, 0.25) is 0 Å². The van der Waals surface area contributed by atoms with Gasteiger partial charge in [0.2, 0.25) is 0 Å². The molecule has 1 heterocycles. The fourth-order valence-electron chi connectivity index (χ4n) is 4.03. The number of hydrogen-bond acceptors (Lipinski definition) is 6. The highest BCUT2D eigenvalue weighted by Crippen LogP contribution is 2.45. The highest BCUT2D eigenvalue weighted by atomic mass is 19.1. The van der Waals surface area contributed by atoms with E-state index in [0.29, 0.717) is 24.4 Å². The Balaban J connectivity index is 1.89. The fourth-order valence-corrected chi connectivity index (χ4v) is 4.03. The molecule has 0 amide bonds. The molecule has 0 aliphatic carbocycles. The van der Waals surface area contributed by atoms with Crippen molar-refractivity contribution in [2.45, 2.75) is 6.04 Å². The standard InChI is InChI=1S/C24H23FN4O3/c1-32-14-20-13-28(18-6-2-15(3-7-18)24(30)31)22-11-21(27)16(12-26)10-23(22)29(20)19-8-4-17(25)5-9-19/h2-12,20,26H,13-14,27H2,1H3,(H,30,31). The summed E-state index contributed by atoms with van der Waals surface area (Å²) in [5.74, 6) is -1.32. The number of nitrogens with one attached hydrogen (secondary N) is 1. The number of aromatic carboxylic acids is 1. The number of benzene rings is 3. The van der Waals surface area contributed by atoms with Crippen LogP contribution < -0.4 is 15.5 Å². The molecule has 0 bridgehead atoms. The number of halogens is 1. The number of fused-ring (bicyclic) bond motifs is 1. The highest BCUT2D eigenvalue weighted by molar-refractivity contribution is 5.95. The molecule has 0 spiro atoms. The van der Waals surface area contributed by atoms with Crippen molar-refractivity contribution in [3.63, 3.8) is 0 Å². The molecule has 0 saturated heterocycles. The van der Waals surface area contributed by atoms with Crippen molar-refractivity contribution in [3.05, 3.63) is 77.6 Å². The lowest BCUT2D eigenvalue weighted by Gasteiger charge is -2.44. The van der Waals surface area contributed by atoms with Crippen LogP contribution in [0.1, 0.15) is 15.9 Å². The summed E-state index contributed by atoms with van der Waals surface area (Å²) in [5, 5.41) is 17.0. The van der Waals surface area contributed by atoms with Crippen molar-refractivity contribution >= 4 is 40.6 Å². The van der Waals surface area contributed by atoms with Gasteiger partial charge in [-0.2, -0.15) is 0 Å². The van der Waals surface area contributed by atoms with Gasteiger partial charge in [-0.3, -0.25) is 0 Å². The van der Waals surface area contributed by atoms with E-state index < -0.39 is 5.97 Å². The average molecular weight is 434 g/mol. The van der Waals surface area contributed by atoms with E-state index in [1.807, 2.05) is 6.07 Å². The second-order valence-corrected chi connectivity index (χ2v) is 7.53. The van der Waals surface area contributed by atoms with Crippen molar-refractivity contribution in [1.29, 1.82) is 5.41 Å². The van der Waals surface area contributed by atoms with Crippen molar-refractivity contribution in [3.8, 4) is 0 Å². The SMILES string of the molecule is COCC1CN(c2ccc(C(=O)O)cc2)c2cc(N)c(C=N)cc2N1c1ccc(F)cc1. The van der Waals surface area contributed by atoms with Crippen LogP contribution in [0.15, 0.2) is 60.7 Å². The number of rotatable bonds is 6. The molecule has 7 nitrogen and oxygen atoms in total. The van der Waals surface area contributed by atoms with E-state index >= 15 is 0 Å². The van der Waals surface area contributed by atoms with Crippen molar-refractivity contribution in [2.24, 2.45) is 0 Å². The zero-order valence-corrected chi connectivity index (χ0v) is 17.5. The second kappa shape index (κ2) is 8.68. The topological polar surface area (TPSA) is 103 Å². The third-order valence-corrected chi connectivity index (χ3v) is 5.53. The average Bonchev–Trinajstić information content (AvgIpc) is 2.79. The minimum absolute atomic E-state index is 0.140. The van der Waals surface area contributed by atoms with Gasteiger partial charge in [0.15, 0.2) is 0 Å². The third kappa shape index (κ3) is 3.88. The van der Waals surface area contributed by atoms with Gasteiger partial charge in [-0.15, -0.1) is 0 Å². The van der Waals surface area contributed by atoms with Crippen LogP contribution in [0.4, 0.5) is 32.8 Å². The van der Waals surface area contributed by atoms with Crippen molar-refractivity contribution < 1.29 is 19.0 Å². The van der Waals surface area contributed by atoms with Crippen LogP contribution in [0, 0.1) is 11.2 Å². The molecule has 3 aromatic rings. The first-order valence-corrected chi connectivity index (χ1v) is 10.0. The molecular weight excluding hydrogens is 411 g/mol. The van der Waals surface area contributed by atoms with Gasteiger partial charge in [-0.25, -0.2) is 9.18 Å². The largest absolute Gasteiger partial charge is 0.478 e. The molecule has 1 aliphatic heterocycles. The molecule has 0 fully saturated rings. The van der Waals surface area contributed by atoms with Gasteiger partial charge in [-0.1, -0.05) is 0 Å². The van der Waals surface area contributed by atoms with Gasteiger partial charge in [0, 0.05) is 42.5 Å². The number of nitrogens with zero attached hydrogens (tertiary/aromatic N) is 2. The molecule has 164 valence electrons. The van der Waals surface area contributed by atoms with Gasteiger partial charge in [0.25, 0.3) is 0 Å². The Morgan fingerprint density at radius 1 is 1.16 bits per heavy atom. The molecule has 0 radical (unpaired) electrons. The van der Waals surface area contributed by atoms with Crippen LogP contribution in [-0.4, -0.2) is 43.6 Å². The number of nitrogen functional groups attached to an aromatic ring is 1. The summed E-state index contributed by atoms with van der Waals surface area (Å²) < 4.78 is 19.1. The summed E-state index contributed by atoms with van der Waals surface area (Å²) in [6.45, 7) is 0.916. The van der Waals surface area contributed by atoms with Crippen LogP contribution in [0.3, 0.4) is 0 Å². The molecule has 8 heteroatoms. The Labute approximate surface area is 185 Å². The van der Waals surface area contributed by atoms with E-state index in [1.165, 1.54) is 18.3 Å². The van der Waals surface area contributed by atoms with Gasteiger partial charge in [0.1, 0.15) is 5.82 Å². The summed E-state index contributed by atoms with van der Waals surface area (Å²) in [4.78, 5) is 15.4. The van der Waals surface area contributed by atoms with E-state index in [2.05, 4.69) is 9.80 Å². The molecule has 3 aromatic carbocycles. The Kier molecular flexibility index (Phi) is 5.79. The number of anilines is 5. The van der Waals surface area contributed by atoms with Crippen molar-refractivity contribution in [1.82, 2.24) is 0 Å². The number of nitrogens with two attached hydrogens (primary N) is 1. The molecule has 4 N–H and O–H groups in total. The van der Waals surface area contributed by atoms with E-state index in [0.717, 1.165) is 22.7 Å². The minimum atomic E-state index is -0.991. The summed E-state index contributed by atoms with van der Waals surface area (Å²) in [6, 6.07) is 16.4. The van der Waals surface area contributed by atoms with Gasteiger partial charge < -0.3 is 30.8 Å². The number of carbonyl (C=O) groups is 1. The van der Waals surface area contributed by atoms with E-state index in [1.54, 1.807) is 49.6 Å². The van der Waals surface area contributed by atoms with E-state index in [4.69, 9.17) is 15.9 Å². The predicted octanol–water partition coefficient (Wildman–Crippen LogP) is 4.41. The first kappa shape index (κ1) is 21.3. The predicted molar refractivity (Wildman–Crippen MR) is 123 cm³/mol. The fraction of sp³-hybridized carbons (Fsp3) is 0.167. The lowest BCUT2D eigenvalue weighted by atomic mass is 10.0. The van der Waals surface area contributed by atoms with E-state index in [9.17, 15) is 14.3 Å². The van der Waals surface area contributed by atoms with Crippen LogP contribution in [0.5, 0.6) is 0 Å². The van der Waals surface area contributed by atoms with Gasteiger partial charge in [-0.05, 0) is 60.7 Å². The zero-order chi connectivity index (χ0) is 22.8. The van der Waals surface area contributed by atoms with Crippen molar-refractivity contribution in [2.75, 3.05) is 35.8 Å². The van der Waals surface area contributed by atoms with Gasteiger partial charge >= 0.3 is 5.97 Å². The first-order chi connectivity index (χ1) is 15.4. The number of hydrogen-bond donors (Lipinski definition) is 3. The summed E-state index contributed by atoms with van der Waals surface area (Å²) in [6.07, 6.45) is 1.20. The minimum Gasteiger partial charge on any atom is -0.478 e. The number of carboxylic acid groups (broad SMARTS) is 1. The molecule has 0 saturated carbocycles. The van der Waals surface area contributed by atoms with Crippen LogP contribution >= 0.6 is 0 Å². The Bertz CT molecular complexity index is 1150. The smallest absolute Gasteiger partial charge is 0.335 e. The Morgan fingerprint density at radius 3 is 2.41 bits per heavy atom. The number of carboxylic acids is 1. The maximum Gasteiger partial charge on any atom is 0.335 e. The first-order valence-electron chi connectivity index (χ1n) is 10.0. The molecule has 0 aromatic heterocycles. The normalized spacial score (nSPS) is 15.4. The quantitative estimate of drug-likeness (QED) is 0.392. The van der Waals surface area contributed by atoms with E-state index in [-0.39, 0.29) is 17.4 Å². The van der Waals surface area contributed by atoms with Gasteiger partial charge in [0.05, 0.1) is 29.6 Å². The molecule has 1 atom stereocenters. The summed E-state index contributed by atoms with van der Waals surface area (Å²) in [5.41, 5.74) is 10.6. The molecule has 1 aliphatic rings. The molecular formula is C24H23FN4O3. The second-order valence-electron chi connectivity index (χ2n) is 7.53. The molecule has 1 unspecified atom stereocenters. The Morgan fingerprint density at radius 2 is 1.81 bits per heavy atom. The summed E-state index contributed by atoms with van der Waals surface area (Å²) >= 11 is 0. The molecule has 32 heavy (non-hydrogen) atoms. The maximum atomic E-state index is 13.6. The zero-order valence-electron chi connectivity index (χ0n) is 17.5. The lowest BCUT2D eigenvalue weighted by molar-refractivity contribution is 0.0697. The van der Waals surface area contributed by atoms with Crippen LogP contribution in [-0.2, 0) is 4.74 Å². The summed E-state index contributed by atoms with van der Waals surface area (Å²) in [7, 11) is 1.62. The lowest BCUT2D eigenvalue weighted by Crippen LogP contribution is -2.47. The van der Waals surface area contributed by atoms with Crippen LogP contribution in [0.25, 0.3) is 0 Å². The Hall–Kier alpha value is -3.91.